The summed E-state index contributed by atoms with van der Waals surface area (Å²) in [5.41, 5.74) is 5.50. The fraction of sp³-hybridized carbons (Fsp3) is 0.273. The zero-order valence-electron chi connectivity index (χ0n) is 13.3. The Hall–Kier alpha value is -2.28. The molecule has 0 spiro atoms. The lowest BCUT2D eigenvalue weighted by atomic mass is 9.68. The molecule has 0 aromatic heterocycles. The topological polar surface area (TPSA) is 20.2 Å². The predicted molar refractivity (Wildman–Crippen MR) is 95.2 cm³/mol. The standard InChI is InChI=1S/C22H22O/c23-20-14-12-19(13-15-20)22(16-6-2-1-3-7-16)21-17-8-4-9-18(21)11-5-10-17/h1-4,6-8,12-15,17-18,23H,5,9-11H2/b22-21-/t17-,18+/m1/s1. The molecule has 1 nitrogen and oxygen atoms in total. The van der Waals surface area contributed by atoms with Crippen LogP contribution in [0.1, 0.15) is 36.8 Å². The van der Waals surface area contributed by atoms with E-state index in [-0.39, 0.29) is 0 Å². The van der Waals surface area contributed by atoms with Crippen molar-refractivity contribution in [2.24, 2.45) is 11.8 Å². The molecule has 0 amide bonds. The van der Waals surface area contributed by atoms with Gasteiger partial charge in [-0.3, -0.25) is 0 Å². The van der Waals surface area contributed by atoms with Gasteiger partial charge in [-0.25, -0.2) is 0 Å². The monoisotopic (exact) mass is 302 g/mol. The summed E-state index contributed by atoms with van der Waals surface area (Å²) >= 11 is 0. The average Bonchev–Trinajstić information content (AvgIpc) is 2.58. The van der Waals surface area contributed by atoms with E-state index < -0.39 is 0 Å². The van der Waals surface area contributed by atoms with Crippen molar-refractivity contribution in [3.8, 4) is 5.75 Å². The Balaban J connectivity index is 1.94. The molecule has 0 saturated heterocycles. The van der Waals surface area contributed by atoms with E-state index >= 15 is 0 Å². The molecule has 1 fully saturated rings. The van der Waals surface area contributed by atoms with Crippen LogP contribution in [-0.2, 0) is 0 Å². The van der Waals surface area contributed by atoms with Gasteiger partial charge in [0.25, 0.3) is 0 Å². The highest BCUT2D eigenvalue weighted by molar-refractivity contribution is 5.83. The third kappa shape index (κ3) is 2.72. The molecule has 0 heterocycles. The van der Waals surface area contributed by atoms with Crippen LogP contribution in [0, 0.1) is 11.8 Å². The van der Waals surface area contributed by atoms with Crippen molar-refractivity contribution in [1.29, 1.82) is 0 Å². The molecule has 2 aliphatic rings. The minimum Gasteiger partial charge on any atom is -0.508 e. The van der Waals surface area contributed by atoms with Crippen molar-refractivity contribution in [3.63, 3.8) is 0 Å². The third-order valence-corrected chi connectivity index (χ3v) is 5.20. The molecule has 2 bridgehead atoms. The molecule has 2 aliphatic carbocycles. The lowest BCUT2D eigenvalue weighted by Gasteiger charge is -2.36. The van der Waals surface area contributed by atoms with Crippen LogP contribution >= 0.6 is 0 Å². The van der Waals surface area contributed by atoms with E-state index in [9.17, 15) is 5.11 Å². The minimum absolute atomic E-state index is 0.329. The van der Waals surface area contributed by atoms with Gasteiger partial charge < -0.3 is 5.11 Å². The number of aromatic hydroxyl groups is 1. The molecule has 0 aliphatic heterocycles. The quantitative estimate of drug-likeness (QED) is 0.719. The van der Waals surface area contributed by atoms with E-state index in [1.807, 2.05) is 0 Å². The maximum absolute atomic E-state index is 9.65. The van der Waals surface area contributed by atoms with Gasteiger partial charge in [0.15, 0.2) is 0 Å². The number of fused-ring (bicyclic) bond motifs is 2. The van der Waals surface area contributed by atoms with Crippen molar-refractivity contribution in [3.05, 3.63) is 83.4 Å². The van der Waals surface area contributed by atoms with Gasteiger partial charge in [-0.2, -0.15) is 0 Å². The lowest BCUT2D eigenvalue weighted by molar-refractivity contribution is 0.393. The van der Waals surface area contributed by atoms with Crippen molar-refractivity contribution >= 4 is 5.57 Å². The van der Waals surface area contributed by atoms with Crippen LogP contribution in [0.5, 0.6) is 5.75 Å². The fourth-order valence-electron chi connectivity index (χ4n) is 4.17. The summed E-state index contributed by atoms with van der Waals surface area (Å²) < 4.78 is 0. The number of allylic oxidation sites excluding steroid dienone is 3. The van der Waals surface area contributed by atoms with Crippen LogP contribution in [0.2, 0.25) is 0 Å². The highest BCUT2D eigenvalue weighted by Crippen LogP contribution is 2.46. The zero-order valence-corrected chi connectivity index (χ0v) is 13.3. The van der Waals surface area contributed by atoms with Gasteiger partial charge in [0.05, 0.1) is 0 Å². The maximum atomic E-state index is 9.65. The summed E-state index contributed by atoms with van der Waals surface area (Å²) in [6, 6.07) is 18.4. The first-order valence-corrected chi connectivity index (χ1v) is 8.58. The highest BCUT2D eigenvalue weighted by atomic mass is 16.3. The van der Waals surface area contributed by atoms with Crippen molar-refractivity contribution in [1.82, 2.24) is 0 Å². The van der Waals surface area contributed by atoms with E-state index in [2.05, 4.69) is 54.6 Å². The number of benzene rings is 2. The molecule has 116 valence electrons. The summed E-state index contributed by atoms with van der Waals surface area (Å²) in [5.74, 6) is 1.57. The maximum Gasteiger partial charge on any atom is 0.115 e. The summed E-state index contributed by atoms with van der Waals surface area (Å²) in [4.78, 5) is 0. The number of phenols is 1. The summed E-state index contributed by atoms with van der Waals surface area (Å²) in [6.07, 6.45) is 9.84. The molecule has 0 radical (unpaired) electrons. The zero-order chi connectivity index (χ0) is 15.6. The van der Waals surface area contributed by atoms with Crippen LogP contribution in [0.4, 0.5) is 0 Å². The van der Waals surface area contributed by atoms with Crippen LogP contribution in [0.3, 0.4) is 0 Å². The Morgan fingerprint density at radius 2 is 1.61 bits per heavy atom. The number of hydrogen-bond donors (Lipinski definition) is 1. The molecule has 2 aromatic carbocycles. The second kappa shape index (κ2) is 6.08. The van der Waals surface area contributed by atoms with Crippen LogP contribution in [-0.4, -0.2) is 5.11 Å². The third-order valence-electron chi connectivity index (χ3n) is 5.20. The van der Waals surface area contributed by atoms with Gasteiger partial charge in [-0.1, -0.05) is 66.6 Å². The molecule has 1 N–H and O–H groups in total. The van der Waals surface area contributed by atoms with Gasteiger partial charge in [0.2, 0.25) is 0 Å². The Bertz CT molecular complexity index is 737. The van der Waals surface area contributed by atoms with Gasteiger partial charge in [0.1, 0.15) is 5.75 Å². The van der Waals surface area contributed by atoms with Gasteiger partial charge >= 0.3 is 0 Å². The van der Waals surface area contributed by atoms with E-state index in [1.54, 1.807) is 17.7 Å². The van der Waals surface area contributed by atoms with Crippen LogP contribution in [0.15, 0.2) is 72.3 Å². The van der Waals surface area contributed by atoms with Crippen LogP contribution < -0.4 is 0 Å². The molecular formula is C22H22O. The molecule has 4 rings (SSSR count). The normalized spacial score (nSPS) is 25.2. The number of hydrogen-bond acceptors (Lipinski definition) is 1. The first-order valence-electron chi connectivity index (χ1n) is 8.58. The summed E-state index contributed by atoms with van der Waals surface area (Å²) in [7, 11) is 0. The Morgan fingerprint density at radius 1 is 0.870 bits per heavy atom. The second-order valence-corrected chi connectivity index (χ2v) is 6.64. The predicted octanol–water partition coefficient (Wildman–Crippen LogP) is 5.57. The van der Waals surface area contributed by atoms with E-state index in [0.29, 0.717) is 17.6 Å². The number of phenolic OH excluding ortho intramolecular Hbond substituents is 1. The Labute approximate surface area is 138 Å². The highest BCUT2D eigenvalue weighted by Gasteiger charge is 2.31. The van der Waals surface area contributed by atoms with Crippen molar-refractivity contribution in [2.45, 2.75) is 25.7 Å². The molecular weight excluding hydrogens is 280 g/mol. The first kappa shape index (κ1) is 14.3. The molecule has 1 heteroatoms. The van der Waals surface area contributed by atoms with Crippen molar-refractivity contribution < 1.29 is 5.11 Å². The van der Waals surface area contributed by atoms with Gasteiger partial charge in [-0.05, 0) is 59.9 Å². The van der Waals surface area contributed by atoms with E-state index in [1.165, 1.54) is 42.4 Å². The lowest BCUT2D eigenvalue weighted by Crippen LogP contribution is -2.22. The van der Waals surface area contributed by atoms with Crippen LogP contribution in [0.25, 0.3) is 5.57 Å². The second-order valence-electron chi connectivity index (χ2n) is 6.64. The minimum atomic E-state index is 0.329. The largest absolute Gasteiger partial charge is 0.508 e. The van der Waals surface area contributed by atoms with E-state index in [0.717, 1.165) is 0 Å². The van der Waals surface area contributed by atoms with Gasteiger partial charge in [0, 0.05) is 0 Å². The summed E-state index contributed by atoms with van der Waals surface area (Å²) in [6.45, 7) is 0. The number of rotatable bonds is 2. The molecule has 23 heavy (non-hydrogen) atoms. The van der Waals surface area contributed by atoms with Gasteiger partial charge in [-0.15, -0.1) is 0 Å². The molecule has 1 saturated carbocycles. The Kier molecular flexibility index (Phi) is 3.78. The SMILES string of the molecule is Oc1ccc(/C(=C2\[C@H]3CC=C[C@@H]2CCC3)c2ccccc2)cc1. The summed E-state index contributed by atoms with van der Waals surface area (Å²) in [5, 5.41) is 9.65. The fourth-order valence-corrected chi connectivity index (χ4v) is 4.17. The molecule has 2 aromatic rings. The molecule has 0 unspecified atom stereocenters. The van der Waals surface area contributed by atoms with Crippen molar-refractivity contribution in [2.75, 3.05) is 0 Å². The average molecular weight is 302 g/mol. The molecule has 2 atom stereocenters. The Morgan fingerprint density at radius 3 is 2.35 bits per heavy atom. The van der Waals surface area contributed by atoms with E-state index in [4.69, 9.17) is 0 Å². The smallest absolute Gasteiger partial charge is 0.115 e. The first-order chi connectivity index (χ1) is 11.3.